The van der Waals surface area contributed by atoms with Crippen LogP contribution in [0, 0.1) is 12.8 Å². The van der Waals surface area contributed by atoms with Crippen molar-refractivity contribution in [3.8, 4) is 0 Å². The van der Waals surface area contributed by atoms with E-state index in [1.807, 2.05) is 25.3 Å². The summed E-state index contributed by atoms with van der Waals surface area (Å²) < 4.78 is 37.1. The van der Waals surface area contributed by atoms with E-state index in [0.717, 1.165) is 37.3 Å². The number of nitrogens with zero attached hydrogens (tertiary/aromatic N) is 2. The van der Waals surface area contributed by atoms with Gasteiger partial charge in [0.2, 0.25) is 5.91 Å². The predicted octanol–water partition coefficient (Wildman–Crippen LogP) is 2.38. The standard InChI is InChI=1S/C19H27N3O4.C2HF3O2/c1-14-2-3-16(20-13-14)22-8-4-15(5-9-22)18(25)21-19(12-17(23)24)6-10-26-11-7-19;3-2(4,5)1(6)7/h2-3,13,15H,4-12H2,1H3,(H,21,25)(H,23,24);(H,6,7). The second kappa shape index (κ2) is 11.3. The van der Waals surface area contributed by atoms with E-state index in [1.54, 1.807) is 0 Å². The number of hydrogen-bond acceptors (Lipinski definition) is 6. The average molecular weight is 475 g/mol. The summed E-state index contributed by atoms with van der Waals surface area (Å²) in [6.07, 6.45) is -0.667. The van der Waals surface area contributed by atoms with Gasteiger partial charge in [0, 0.05) is 38.4 Å². The Morgan fingerprint density at radius 2 is 1.76 bits per heavy atom. The molecule has 184 valence electrons. The number of carboxylic acids is 2. The summed E-state index contributed by atoms with van der Waals surface area (Å²) in [4.78, 5) is 39.6. The number of aromatic nitrogens is 1. The van der Waals surface area contributed by atoms with E-state index in [0.29, 0.717) is 26.1 Å². The summed E-state index contributed by atoms with van der Waals surface area (Å²) in [5.41, 5.74) is 0.458. The first-order valence-corrected chi connectivity index (χ1v) is 10.5. The van der Waals surface area contributed by atoms with Gasteiger partial charge in [-0.05, 0) is 44.2 Å². The number of rotatable bonds is 5. The number of hydrogen-bond donors (Lipinski definition) is 3. The van der Waals surface area contributed by atoms with Gasteiger partial charge in [-0.1, -0.05) is 6.07 Å². The van der Waals surface area contributed by atoms with E-state index in [-0.39, 0.29) is 18.2 Å². The fourth-order valence-electron chi connectivity index (χ4n) is 3.78. The van der Waals surface area contributed by atoms with E-state index in [4.69, 9.17) is 14.6 Å². The highest BCUT2D eigenvalue weighted by Crippen LogP contribution is 2.27. The minimum absolute atomic E-state index is 0.0235. The average Bonchev–Trinajstić information content (AvgIpc) is 2.74. The van der Waals surface area contributed by atoms with Crippen molar-refractivity contribution in [1.82, 2.24) is 10.3 Å². The Labute approximate surface area is 188 Å². The number of nitrogens with one attached hydrogen (secondary N) is 1. The highest BCUT2D eigenvalue weighted by Gasteiger charge is 2.39. The molecule has 33 heavy (non-hydrogen) atoms. The molecule has 2 saturated heterocycles. The summed E-state index contributed by atoms with van der Waals surface area (Å²) in [6.45, 7) is 4.55. The Kier molecular flexibility index (Phi) is 9.03. The van der Waals surface area contributed by atoms with Crippen molar-refractivity contribution in [1.29, 1.82) is 0 Å². The van der Waals surface area contributed by atoms with Gasteiger partial charge in [0.1, 0.15) is 5.82 Å². The van der Waals surface area contributed by atoms with Crippen molar-refractivity contribution in [3.63, 3.8) is 0 Å². The second-order valence-electron chi connectivity index (χ2n) is 8.21. The van der Waals surface area contributed by atoms with Gasteiger partial charge in [0.25, 0.3) is 0 Å². The van der Waals surface area contributed by atoms with Gasteiger partial charge in [-0.3, -0.25) is 9.59 Å². The van der Waals surface area contributed by atoms with Crippen molar-refractivity contribution in [2.75, 3.05) is 31.2 Å². The monoisotopic (exact) mass is 475 g/mol. The first-order valence-electron chi connectivity index (χ1n) is 10.5. The molecule has 0 atom stereocenters. The maximum atomic E-state index is 12.8. The van der Waals surface area contributed by atoms with Crippen LogP contribution in [0.5, 0.6) is 0 Å². The van der Waals surface area contributed by atoms with E-state index >= 15 is 0 Å². The van der Waals surface area contributed by atoms with Crippen LogP contribution in [-0.2, 0) is 19.1 Å². The Hall–Kier alpha value is -2.89. The lowest BCUT2D eigenvalue weighted by Gasteiger charge is -2.39. The Morgan fingerprint density at radius 1 is 1.18 bits per heavy atom. The number of carboxylic acid groups (broad SMARTS) is 2. The molecule has 0 saturated carbocycles. The van der Waals surface area contributed by atoms with Gasteiger partial charge in [0.15, 0.2) is 0 Å². The number of piperidine rings is 1. The Bertz CT molecular complexity index is 818. The molecule has 9 nitrogen and oxygen atoms in total. The van der Waals surface area contributed by atoms with Crippen molar-refractivity contribution >= 4 is 23.7 Å². The lowest BCUT2D eigenvalue weighted by atomic mass is 9.85. The molecule has 0 aromatic carbocycles. The fourth-order valence-corrected chi connectivity index (χ4v) is 3.78. The Morgan fingerprint density at radius 3 is 2.21 bits per heavy atom. The smallest absolute Gasteiger partial charge is 0.481 e. The summed E-state index contributed by atoms with van der Waals surface area (Å²) in [5.74, 6) is -2.80. The van der Waals surface area contributed by atoms with Gasteiger partial charge in [0.05, 0.1) is 12.0 Å². The molecule has 3 rings (SSSR count). The maximum absolute atomic E-state index is 12.8. The number of anilines is 1. The zero-order chi connectivity index (χ0) is 24.6. The van der Waals surface area contributed by atoms with Crippen LogP contribution >= 0.6 is 0 Å². The summed E-state index contributed by atoms with van der Waals surface area (Å²) in [7, 11) is 0. The molecule has 2 fully saturated rings. The third kappa shape index (κ3) is 8.19. The molecular weight excluding hydrogens is 447 g/mol. The molecule has 1 amide bonds. The predicted molar refractivity (Wildman–Crippen MR) is 111 cm³/mol. The number of aryl methyl sites for hydroxylation is 1. The maximum Gasteiger partial charge on any atom is 0.490 e. The molecule has 0 radical (unpaired) electrons. The van der Waals surface area contributed by atoms with Crippen molar-refractivity contribution < 1.29 is 42.5 Å². The third-order valence-corrected chi connectivity index (χ3v) is 5.66. The quantitative estimate of drug-likeness (QED) is 0.592. The van der Waals surface area contributed by atoms with Gasteiger partial charge < -0.3 is 25.2 Å². The van der Waals surface area contributed by atoms with Crippen LogP contribution < -0.4 is 10.2 Å². The van der Waals surface area contributed by atoms with Crippen molar-refractivity contribution in [2.24, 2.45) is 5.92 Å². The first-order chi connectivity index (χ1) is 15.4. The zero-order valence-corrected chi connectivity index (χ0v) is 18.2. The minimum Gasteiger partial charge on any atom is -0.481 e. The number of halogens is 3. The van der Waals surface area contributed by atoms with Crippen LogP contribution in [0.4, 0.5) is 19.0 Å². The molecule has 3 heterocycles. The molecule has 3 N–H and O–H groups in total. The molecule has 0 bridgehead atoms. The lowest BCUT2D eigenvalue weighted by Crippen LogP contribution is -2.55. The largest absolute Gasteiger partial charge is 0.490 e. The van der Waals surface area contributed by atoms with Crippen LogP contribution in [0.25, 0.3) is 0 Å². The number of pyridine rings is 1. The summed E-state index contributed by atoms with van der Waals surface area (Å²) in [6, 6.07) is 4.06. The van der Waals surface area contributed by atoms with Crippen LogP contribution in [0.1, 0.15) is 37.7 Å². The van der Waals surface area contributed by atoms with Crippen molar-refractivity contribution in [3.05, 3.63) is 23.9 Å². The summed E-state index contributed by atoms with van der Waals surface area (Å²) in [5, 5.41) is 19.4. The number of alkyl halides is 3. The van der Waals surface area contributed by atoms with Crippen LogP contribution in [0.15, 0.2) is 18.3 Å². The molecular formula is C21H28F3N3O6. The molecule has 2 aliphatic rings. The van der Waals surface area contributed by atoms with E-state index in [9.17, 15) is 27.9 Å². The molecule has 12 heteroatoms. The highest BCUT2D eigenvalue weighted by molar-refractivity contribution is 5.81. The van der Waals surface area contributed by atoms with E-state index in [1.165, 1.54) is 0 Å². The van der Waals surface area contributed by atoms with Gasteiger partial charge in [-0.25, -0.2) is 9.78 Å². The molecule has 1 aromatic rings. The van der Waals surface area contributed by atoms with Gasteiger partial charge in [-0.2, -0.15) is 13.2 Å². The molecule has 1 aromatic heterocycles. The van der Waals surface area contributed by atoms with Gasteiger partial charge in [-0.15, -0.1) is 0 Å². The molecule has 0 unspecified atom stereocenters. The van der Waals surface area contributed by atoms with E-state index in [2.05, 4.69) is 15.2 Å². The van der Waals surface area contributed by atoms with Crippen LogP contribution in [0.2, 0.25) is 0 Å². The molecule has 0 spiro atoms. The van der Waals surface area contributed by atoms with Gasteiger partial charge >= 0.3 is 18.1 Å². The molecule has 0 aliphatic carbocycles. The number of carbonyl (C=O) groups excluding carboxylic acids is 1. The summed E-state index contributed by atoms with van der Waals surface area (Å²) >= 11 is 0. The first kappa shape index (κ1) is 26.4. The third-order valence-electron chi connectivity index (χ3n) is 5.66. The number of carbonyl (C=O) groups is 3. The lowest BCUT2D eigenvalue weighted by molar-refractivity contribution is -0.192. The SMILES string of the molecule is Cc1ccc(N2CCC(C(=O)NC3(CC(=O)O)CCOCC3)CC2)nc1.O=C(O)C(F)(F)F. The van der Waals surface area contributed by atoms with E-state index < -0.39 is 23.7 Å². The zero-order valence-electron chi connectivity index (χ0n) is 18.2. The second-order valence-corrected chi connectivity index (χ2v) is 8.21. The number of ether oxygens (including phenoxy) is 1. The fraction of sp³-hybridized carbons (Fsp3) is 0.619. The minimum atomic E-state index is -5.08. The molecule has 2 aliphatic heterocycles. The number of aliphatic carboxylic acids is 2. The normalized spacial score (nSPS) is 18.6. The Balaban J connectivity index is 0.000000479. The van der Waals surface area contributed by atoms with Crippen LogP contribution in [0.3, 0.4) is 0 Å². The number of amides is 1. The van der Waals surface area contributed by atoms with Crippen molar-refractivity contribution in [2.45, 2.75) is 50.7 Å². The van der Waals surface area contributed by atoms with Crippen LogP contribution in [-0.4, -0.2) is 71.1 Å². The topological polar surface area (TPSA) is 129 Å². The highest BCUT2D eigenvalue weighted by atomic mass is 19.4.